The number of anilines is 2. The number of rotatable bonds is 15. The molecule has 12 nitrogen and oxygen atoms in total. The number of unbranched alkanes of at least 4 members (excludes halogenated alkanes) is 1. The Bertz CT molecular complexity index is 1370. The lowest BCUT2D eigenvalue weighted by Gasteiger charge is -2.14. The molecule has 4 aromatic rings. The minimum Gasteiger partial charge on any atom is -0.497 e. The summed E-state index contributed by atoms with van der Waals surface area (Å²) in [5, 5.41) is 43.9. The van der Waals surface area contributed by atoms with Gasteiger partial charge in [0.2, 0.25) is 22.1 Å². The molecule has 222 valence electrons. The first kappa shape index (κ1) is 31.0. The van der Waals surface area contributed by atoms with Gasteiger partial charge in [0.1, 0.15) is 21.5 Å². The molecule has 0 bridgehead atoms. The molecule has 0 aliphatic rings. The molecular weight excluding hydrogens is 580 g/mol. The normalized spacial score (nSPS) is 12.4. The smallest absolute Gasteiger partial charge is 0.236 e. The van der Waals surface area contributed by atoms with Crippen LogP contribution in [0.3, 0.4) is 0 Å². The largest absolute Gasteiger partial charge is 0.497 e. The van der Waals surface area contributed by atoms with E-state index < -0.39 is 11.8 Å². The molecule has 2 aromatic heterocycles. The van der Waals surface area contributed by atoms with Gasteiger partial charge in [-0.05, 0) is 48.2 Å². The van der Waals surface area contributed by atoms with Crippen LogP contribution in [0.2, 0.25) is 0 Å². The number of carbonyl (C=O) groups is 2. The summed E-state index contributed by atoms with van der Waals surface area (Å²) in [6, 6.07) is 14.0. The molecule has 0 radical (unpaired) electrons. The van der Waals surface area contributed by atoms with Crippen molar-refractivity contribution in [1.29, 1.82) is 0 Å². The van der Waals surface area contributed by atoms with E-state index in [4.69, 9.17) is 9.47 Å². The van der Waals surface area contributed by atoms with Gasteiger partial charge in [-0.15, -0.1) is 20.4 Å². The first-order chi connectivity index (χ1) is 20.4. The van der Waals surface area contributed by atoms with Gasteiger partial charge in [-0.3, -0.25) is 20.2 Å². The summed E-state index contributed by atoms with van der Waals surface area (Å²) in [6.45, 7) is -0.710. The lowest BCUT2D eigenvalue weighted by molar-refractivity contribution is -0.119. The van der Waals surface area contributed by atoms with E-state index in [9.17, 15) is 19.8 Å². The van der Waals surface area contributed by atoms with E-state index in [-0.39, 0.29) is 25.0 Å². The van der Waals surface area contributed by atoms with E-state index in [1.807, 2.05) is 0 Å². The fourth-order valence-electron chi connectivity index (χ4n) is 4.14. The highest BCUT2D eigenvalue weighted by molar-refractivity contribution is 7.15. The molecular formula is C28H32N6O6S2. The summed E-state index contributed by atoms with van der Waals surface area (Å²) in [4.78, 5) is 25.5. The van der Waals surface area contributed by atoms with Crippen LogP contribution in [0.15, 0.2) is 48.5 Å². The van der Waals surface area contributed by atoms with Gasteiger partial charge < -0.3 is 19.7 Å². The van der Waals surface area contributed by atoms with Crippen molar-refractivity contribution in [3.05, 3.63) is 69.7 Å². The lowest BCUT2D eigenvalue weighted by Crippen LogP contribution is -2.23. The van der Waals surface area contributed by atoms with Gasteiger partial charge in [0.15, 0.2) is 0 Å². The molecule has 4 N–H and O–H groups in total. The number of aryl methyl sites for hydroxylation is 2. The number of hydrogen-bond acceptors (Lipinski definition) is 12. The summed E-state index contributed by atoms with van der Waals surface area (Å²) in [5.74, 6) is -1.06. The highest BCUT2D eigenvalue weighted by atomic mass is 32.1. The molecule has 14 heteroatoms. The predicted molar refractivity (Wildman–Crippen MR) is 159 cm³/mol. The number of methoxy groups -OCH3 is 2. The zero-order valence-corrected chi connectivity index (χ0v) is 24.8. The van der Waals surface area contributed by atoms with Crippen LogP contribution in [0, 0.1) is 0 Å². The number of hydrogen-bond donors (Lipinski definition) is 4. The maximum Gasteiger partial charge on any atom is 0.236 e. The number of nitrogens with zero attached hydrogens (tertiary/aromatic N) is 4. The molecule has 0 saturated carbocycles. The second-order valence-electron chi connectivity index (χ2n) is 9.21. The van der Waals surface area contributed by atoms with Crippen LogP contribution in [0.1, 0.15) is 45.8 Å². The average Bonchev–Trinajstić information content (AvgIpc) is 3.65. The Morgan fingerprint density at radius 3 is 1.55 bits per heavy atom. The zero-order chi connectivity index (χ0) is 29.9. The van der Waals surface area contributed by atoms with Crippen LogP contribution in [-0.2, 0) is 22.4 Å². The van der Waals surface area contributed by atoms with Crippen molar-refractivity contribution in [2.75, 3.05) is 38.1 Å². The molecule has 0 spiro atoms. The Kier molecular flexibility index (Phi) is 11.3. The molecule has 2 unspecified atom stereocenters. The van der Waals surface area contributed by atoms with E-state index >= 15 is 0 Å². The van der Waals surface area contributed by atoms with Crippen molar-refractivity contribution in [1.82, 2.24) is 20.4 Å². The number of aliphatic hydroxyl groups is 2. The van der Waals surface area contributed by atoms with Gasteiger partial charge in [0.05, 0.1) is 39.3 Å². The van der Waals surface area contributed by atoms with Crippen molar-refractivity contribution in [3.8, 4) is 11.5 Å². The third kappa shape index (κ3) is 8.28. The maximum absolute atomic E-state index is 12.8. The fraction of sp³-hybridized carbons (Fsp3) is 0.357. The summed E-state index contributed by atoms with van der Waals surface area (Å²) in [5.41, 5.74) is 1.28. The third-order valence-corrected chi connectivity index (χ3v) is 8.21. The minimum atomic E-state index is -0.759. The number of ether oxygens (including phenoxy) is 2. The quantitative estimate of drug-likeness (QED) is 0.146. The molecule has 2 aromatic carbocycles. The van der Waals surface area contributed by atoms with Crippen LogP contribution < -0.4 is 20.1 Å². The van der Waals surface area contributed by atoms with Crippen LogP contribution in [0.5, 0.6) is 11.5 Å². The average molecular weight is 613 g/mol. The Balaban J connectivity index is 1.22. The molecule has 0 fully saturated rings. The van der Waals surface area contributed by atoms with E-state index in [2.05, 4.69) is 31.0 Å². The predicted octanol–water partition coefficient (Wildman–Crippen LogP) is 3.40. The van der Waals surface area contributed by atoms with E-state index in [1.165, 1.54) is 22.7 Å². The third-order valence-electron chi connectivity index (χ3n) is 6.42. The molecule has 2 atom stereocenters. The molecule has 42 heavy (non-hydrogen) atoms. The van der Waals surface area contributed by atoms with Gasteiger partial charge in [-0.25, -0.2) is 0 Å². The SMILES string of the molecule is COc1cccc(C(CO)C(=O)Nc2nnc(CCCCc3nnc(NC(=O)C(CO)c4cccc(OC)c4)s3)s2)c1. The van der Waals surface area contributed by atoms with E-state index in [0.29, 0.717) is 45.7 Å². The maximum atomic E-state index is 12.8. The number of aliphatic hydroxyl groups excluding tert-OH is 2. The molecule has 0 aliphatic heterocycles. The molecule has 2 heterocycles. The number of nitrogens with one attached hydrogen (secondary N) is 2. The van der Waals surface area contributed by atoms with Gasteiger partial charge in [0, 0.05) is 12.8 Å². The van der Waals surface area contributed by atoms with Gasteiger partial charge in [-0.2, -0.15) is 0 Å². The van der Waals surface area contributed by atoms with Crippen molar-refractivity contribution in [3.63, 3.8) is 0 Å². The summed E-state index contributed by atoms with van der Waals surface area (Å²) in [6.07, 6.45) is 2.98. The monoisotopic (exact) mass is 612 g/mol. The highest BCUT2D eigenvalue weighted by Crippen LogP contribution is 2.26. The Labute approximate surface area is 250 Å². The van der Waals surface area contributed by atoms with Crippen molar-refractivity contribution in [2.24, 2.45) is 0 Å². The topological polar surface area (TPSA) is 169 Å². The number of aromatic nitrogens is 4. The Morgan fingerprint density at radius 1 is 0.738 bits per heavy atom. The second-order valence-corrected chi connectivity index (χ2v) is 11.3. The standard InChI is InChI=1S/C28H32N6O6S2/c1-39-19-9-5-7-17(13-19)21(15-35)25(37)29-27-33-31-23(41-27)11-3-4-12-24-32-34-28(42-24)30-26(38)22(16-36)18-8-6-10-20(14-18)40-2/h5-10,13-14,21-22,35-36H,3-4,11-12,15-16H2,1-2H3,(H,29,33,37)(H,30,34,38). The first-order valence-corrected chi connectivity index (χ1v) is 14.8. The second kappa shape index (κ2) is 15.3. The summed E-state index contributed by atoms with van der Waals surface area (Å²) < 4.78 is 10.4. The molecule has 4 rings (SSSR count). The Morgan fingerprint density at radius 2 is 1.17 bits per heavy atom. The zero-order valence-electron chi connectivity index (χ0n) is 23.1. The van der Waals surface area contributed by atoms with Gasteiger partial charge in [0.25, 0.3) is 0 Å². The van der Waals surface area contributed by atoms with Crippen molar-refractivity contribution >= 4 is 44.8 Å². The van der Waals surface area contributed by atoms with Gasteiger partial charge in [-0.1, -0.05) is 46.9 Å². The lowest BCUT2D eigenvalue weighted by atomic mass is 9.99. The van der Waals surface area contributed by atoms with Crippen LogP contribution in [0.25, 0.3) is 0 Å². The number of benzene rings is 2. The minimum absolute atomic E-state index is 0.355. The highest BCUT2D eigenvalue weighted by Gasteiger charge is 2.23. The Hall–Kier alpha value is -3.98. The van der Waals surface area contributed by atoms with Crippen LogP contribution in [0.4, 0.5) is 10.3 Å². The molecule has 0 saturated heterocycles. The van der Waals surface area contributed by atoms with E-state index in [1.54, 1.807) is 62.8 Å². The first-order valence-electron chi connectivity index (χ1n) is 13.2. The molecule has 2 amide bonds. The number of amides is 2. The fourth-order valence-corrected chi connectivity index (χ4v) is 5.71. The van der Waals surface area contributed by atoms with Crippen LogP contribution in [-0.4, -0.2) is 69.9 Å². The summed E-state index contributed by atoms with van der Waals surface area (Å²) in [7, 11) is 3.08. The summed E-state index contributed by atoms with van der Waals surface area (Å²) >= 11 is 2.59. The number of carbonyl (C=O) groups excluding carboxylic acids is 2. The van der Waals surface area contributed by atoms with Crippen molar-refractivity contribution in [2.45, 2.75) is 37.5 Å². The van der Waals surface area contributed by atoms with Crippen LogP contribution >= 0.6 is 22.7 Å². The molecule has 0 aliphatic carbocycles. The van der Waals surface area contributed by atoms with Gasteiger partial charge >= 0.3 is 0 Å². The van der Waals surface area contributed by atoms with E-state index in [0.717, 1.165) is 22.9 Å². The van der Waals surface area contributed by atoms with Crippen molar-refractivity contribution < 1.29 is 29.3 Å².